The Hall–Kier alpha value is -1.69. The molecule has 0 radical (unpaired) electrons. The lowest BCUT2D eigenvalue weighted by Gasteiger charge is -2.34. The van der Waals surface area contributed by atoms with Crippen LogP contribution < -0.4 is 10.6 Å². The largest absolute Gasteiger partial charge is 0.355 e. The number of hydrogen-bond donors (Lipinski definition) is 2. The molecular weight excluding hydrogens is 228 g/mol. The van der Waals surface area contributed by atoms with Crippen LogP contribution in [0.3, 0.4) is 0 Å². The van der Waals surface area contributed by atoms with Gasteiger partial charge in [-0.3, -0.25) is 0 Å². The van der Waals surface area contributed by atoms with Gasteiger partial charge >= 0.3 is 0 Å². The van der Waals surface area contributed by atoms with E-state index < -0.39 is 0 Å². The standard InChI is InChI=1S/C12H18N6/c1-8(13)9-2-4-18(5-3-9)12-10-11(15-6-14-10)16-7-17-12/h6-9H,2-5,13H2,1H3,(H,14,15,16,17). The van der Waals surface area contributed by atoms with Gasteiger partial charge < -0.3 is 15.6 Å². The number of rotatable bonds is 2. The fraction of sp³-hybridized carbons (Fsp3) is 0.583. The number of nitrogens with zero attached hydrogens (tertiary/aromatic N) is 4. The van der Waals surface area contributed by atoms with Crippen molar-refractivity contribution in [2.24, 2.45) is 11.7 Å². The molecule has 0 spiro atoms. The SMILES string of the molecule is CC(N)C1CCN(c2ncnc3nc[nH]c23)CC1. The third-order valence-corrected chi connectivity index (χ3v) is 3.79. The van der Waals surface area contributed by atoms with Gasteiger partial charge in [0.15, 0.2) is 11.5 Å². The highest BCUT2D eigenvalue weighted by molar-refractivity contribution is 5.82. The molecule has 2 aromatic rings. The average Bonchev–Trinajstić information content (AvgIpc) is 2.87. The molecule has 1 unspecified atom stereocenters. The molecule has 3 rings (SSSR count). The minimum atomic E-state index is 0.282. The molecule has 96 valence electrons. The Morgan fingerprint density at radius 3 is 2.83 bits per heavy atom. The first-order chi connectivity index (χ1) is 8.75. The maximum Gasteiger partial charge on any atom is 0.182 e. The highest BCUT2D eigenvalue weighted by atomic mass is 15.2. The van der Waals surface area contributed by atoms with Crippen molar-refractivity contribution >= 4 is 17.0 Å². The summed E-state index contributed by atoms with van der Waals surface area (Å²) in [5, 5.41) is 0. The van der Waals surface area contributed by atoms with Crippen molar-refractivity contribution in [1.82, 2.24) is 19.9 Å². The van der Waals surface area contributed by atoms with Gasteiger partial charge in [-0.15, -0.1) is 0 Å². The van der Waals surface area contributed by atoms with E-state index in [4.69, 9.17) is 5.73 Å². The van der Waals surface area contributed by atoms with Crippen molar-refractivity contribution in [3.8, 4) is 0 Å². The minimum absolute atomic E-state index is 0.282. The molecule has 1 fully saturated rings. The molecule has 1 aliphatic heterocycles. The second-order valence-corrected chi connectivity index (χ2v) is 4.98. The number of aromatic amines is 1. The Morgan fingerprint density at radius 2 is 2.11 bits per heavy atom. The molecule has 2 aromatic heterocycles. The zero-order valence-electron chi connectivity index (χ0n) is 10.5. The van der Waals surface area contributed by atoms with Crippen LogP contribution in [0.15, 0.2) is 12.7 Å². The molecule has 3 N–H and O–H groups in total. The van der Waals surface area contributed by atoms with Crippen LogP contribution in [0.25, 0.3) is 11.2 Å². The highest BCUT2D eigenvalue weighted by Crippen LogP contribution is 2.26. The van der Waals surface area contributed by atoms with Crippen molar-refractivity contribution in [2.75, 3.05) is 18.0 Å². The molecule has 1 saturated heterocycles. The van der Waals surface area contributed by atoms with Gasteiger partial charge in [-0.1, -0.05) is 0 Å². The number of imidazole rings is 1. The number of fused-ring (bicyclic) bond motifs is 1. The van der Waals surface area contributed by atoms with Crippen LogP contribution >= 0.6 is 0 Å². The number of aromatic nitrogens is 4. The van der Waals surface area contributed by atoms with Gasteiger partial charge in [0.25, 0.3) is 0 Å². The lowest BCUT2D eigenvalue weighted by molar-refractivity contribution is 0.354. The molecule has 0 aliphatic carbocycles. The first-order valence-corrected chi connectivity index (χ1v) is 6.40. The first kappa shape index (κ1) is 11.4. The van der Waals surface area contributed by atoms with E-state index in [1.165, 1.54) is 0 Å². The molecule has 18 heavy (non-hydrogen) atoms. The van der Waals surface area contributed by atoms with E-state index in [9.17, 15) is 0 Å². The summed E-state index contributed by atoms with van der Waals surface area (Å²) in [5.74, 6) is 1.58. The van der Waals surface area contributed by atoms with Crippen LogP contribution in [0, 0.1) is 5.92 Å². The van der Waals surface area contributed by atoms with Crippen molar-refractivity contribution in [3.05, 3.63) is 12.7 Å². The second kappa shape index (κ2) is 4.53. The summed E-state index contributed by atoms with van der Waals surface area (Å²) >= 11 is 0. The van der Waals surface area contributed by atoms with E-state index in [0.29, 0.717) is 5.92 Å². The van der Waals surface area contributed by atoms with Crippen molar-refractivity contribution in [2.45, 2.75) is 25.8 Å². The Bertz CT molecular complexity index is 526. The molecular formula is C12H18N6. The normalized spacial score (nSPS) is 19.3. The monoisotopic (exact) mass is 246 g/mol. The lowest BCUT2D eigenvalue weighted by Crippen LogP contribution is -2.40. The molecule has 1 aliphatic rings. The zero-order valence-corrected chi connectivity index (χ0v) is 10.5. The van der Waals surface area contributed by atoms with Crippen molar-refractivity contribution in [3.63, 3.8) is 0 Å². The summed E-state index contributed by atoms with van der Waals surface area (Å²) in [6.45, 7) is 4.09. The Balaban J connectivity index is 1.82. The van der Waals surface area contributed by atoms with Crippen LogP contribution in [0.5, 0.6) is 0 Å². The summed E-state index contributed by atoms with van der Waals surface area (Å²) in [6.07, 6.45) is 5.49. The summed E-state index contributed by atoms with van der Waals surface area (Å²) in [6, 6.07) is 0.282. The predicted molar refractivity (Wildman–Crippen MR) is 70.3 cm³/mol. The van der Waals surface area contributed by atoms with Crippen LogP contribution in [0.4, 0.5) is 5.82 Å². The molecule has 6 nitrogen and oxygen atoms in total. The molecule has 0 bridgehead atoms. The maximum atomic E-state index is 5.96. The Kier molecular flexibility index (Phi) is 2.87. The van der Waals surface area contributed by atoms with Gasteiger partial charge in [0.1, 0.15) is 11.8 Å². The van der Waals surface area contributed by atoms with Gasteiger partial charge in [-0.05, 0) is 25.7 Å². The van der Waals surface area contributed by atoms with Crippen molar-refractivity contribution in [1.29, 1.82) is 0 Å². The number of anilines is 1. The molecule has 0 amide bonds. The summed E-state index contributed by atoms with van der Waals surface area (Å²) in [5.41, 5.74) is 7.62. The fourth-order valence-corrected chi connectivity index (χ4v) is 2.63. The fourth-order valence-electron chi connectivity index (χ4n) is 2.63. The average molecular weight is 246 g/mol. The van der Waals surface area contributed by atoms with Crippen LogP contribution in [-0.4, -0.2) is 39.1 Å². The number of nitrogens with one attached hydrogen (secondary N) is 1. The lowest BCUT2D eigenvalue weighted by atomic mass is 9.91. The topological polar surface area (TPSA) is 83.7 Å². The van der Waals surface area contributed by atoms with Crippen molar-refractivity contribution < 1.29 is 0 Å². The van der Waals surface area contributed by atoms with Gasteiger partial charge in [-0.2, -0.15) is 0 Å². The van der Waals surface area contributed by atoms with Crippen LogP contribution in [0.2, 0.25) is 0 Å². The Labute approximate surface area is 106 Å². The number of nitrogens with two attached hydrogens (primary N) is 1. The minimum Gasteiger partial charge on any atom is -0.355 e. The van der Waals surface area contributed by atoms with Gasteiger partial charge in [0.05, 0.1) is 6.33 Å². The smallest absolute Gasteiger partial charge is 0.182 e. The molecule has 3 heterocycles. The van der Waals surface area contributed by atoms with E-state index >= 15 is 0 Å². The maximum absolute atomic E-state index is 5.96. The zero-order chi connectivity index (χ0) is 12.5. The third kappa shape index (κ3) is 1.92. The van der Waals surface area contributed by atoms with E-state index in [0.717, 1.165) is 42.9 Å². The number of piperidine rings is 1. The predicted octanol–water partition coefficient (Wildman–Crippen LogP) is 0.916. The first-order valence-electron chi connectivity index (χ1n) is 6.40. The van der Waals surface area contributed by atoms with Gasteiger partial charge in [0.2, 0.25) is 0 Å². The summed E-state index contributed by atoms with van der Waals surface area (Å²) < 4.78 is 0. The van der Waals surface area contributed by atoms with E-state index in [1.807, 2.05) is 0 Å². The van der Waals surface area contributed by atoms with Crippen LogP contribution in [-0.2, 0) is 0 Å². The van der Waals surface area contributed by atoms with Gasteiger partial charge in [0, 0.05) is 19.1 Å². The summed E-state index contributed by atoms with van der Waals surface area (Å²) in [4.78, 5) is 18.1. The molecule has 0 saturated carbocycles. The quantitative estimate of drug-likeness (QED) is 0.823. The molecule has 1 atom stereocenters. The highest BCUT2D eigenvalue weighted by Gasteiger charge is 2.24. The van der Waals surface area contributed by atoms with E-state index in [2.05, 4.69) is 31.8 Å². The number of H-pyrrole nitrogens is 1. The van der Waals surface area contributed by atoms with E-state index in [-0.39, 0.29) is 6.04 Å². The molecule has 6 heteroatoms. The summed E-state index contributed by atoms with van der Waals surface area (Å²) in [7, 11) is 0. The number of hydrogen-bond acceptors (Lipinski definition) is 5. The second-order valence-electron chi connectivity index (χ2n) is 4.98. The third-order valence-electron chi connectivity index (χ3n) is 3.79. The molecule has 0 aromatic carbocycles. The van der Waals surface area contributed by atoms with E-state index in [1.54, 1.807) is 12.7 Å². The van der Waals surface area contributed by atoms with Gasteiger partial charge in [-0.25, -0.2) is 15.0 Å². The Morgan fingerprint density at radius 1 is 1.33 bits per heavy atom. The van der Waals surface area contributed by atoms with Crippen LogP contribution in [0.1, 0.15) is 19.8 Å².